The smallest absolute Gasteiger partial charge is 0.139 e. The summed E-state index contributed by atoms with van der Waals surface area (Å²) in [4.78, 5) is 4.69. The zero-order chi connectivity index (χ0) is 13.8. The minimum Gasteiger partial charge on any atom is -0.383 e. The van der Waals surface area contributed by atoms with Crippen LogP contribution in [0.15, 0.2) is 12.1 Å². The van der Waals surface area contributed by atoms with Gasteiger partial charge in [0.25, 0.3) is 0 Å². The van der Waals surface area contributed by atoms with Gasteiger partial charge >= 0.3 is 0 Å². The molecule has 0 aliphatic rings. The van der Waals surface area contributed by atoms with E-state index in [4.69, 9.17) is 5.73 Å². The van der Waals surface area contributed by atoms with Gasteiger partial charge in [-0.3, -0.25) is 4.40 Å². The van der Waals surface area contributed by atoms with Crippen molar-refractivity contribution in [2.24, 2.45) is 0 Å². The second-order valence-electron chi connectivity index (χ2n) is 5.48. The van der Waals surface area contributed by atoms with Gasteiger partial charge in [-0.1, -0.05) is 32.6 Å². The number of anilines is 1. The van der Waals surface area contributed by atoms with Crippen LogP contribution in [0.25, 0.3) is 5.65 Å². The van der Waals surface area contributed by atoms with Crippen LogP contribution in [0.4, 0.5) is 5.82 Å². The molecule has 0 aliphatic carbocycles. The number of nitrogens with two attached hydrogens (primary N) is 1. The van der Waals surface area contributed by atoms with Crippen LogP contribution in [0.2, 0.25) is 0 Å². The van der Waals surface area contributed by atoms with Crippen molar-refractivity contribution in [1.82, 2.24) is 9.38 Å². The number of imidazole rings is 1. The molecular formula is C16H25N3. The molecule has 0 unspecified atom stereocenters. The summed E-state index contributed by atoms with van der Waals surface area (Å²) in [6.07, 6.45) is 7.40. The average Bonchev–Trinajstić information content (AvgIpc) is 2.66. The molecule has 2 aromatic heterocycles. The largest absolute Gasteiger partial charge is 0.383 e. The lowest BCUT2D eigenvalue weighted by Crippen LogP contribution is -1.99. The van der Waals surface area contributed by atoms with Crippen molar-refractivity contribution in [2.45, 2.75) is 59.3 Å². The summed E-state index contributed by atoms with van der Waals surface area (Å²) in [6.45, 7) is 6.43. The van der Waals surface area contributed by atoms with E-state index in [1.165, 1.54) is 37.7 Å². The molecular weight excluding hydrogens is 234 g/mol. The molecule has 2 heterocycles. The predicted molar refractivity (Wildman–Crippen MR) is 81.5 cm³/mol. The molecule has 0 aromatic carbocycles. The number of hydrogen-bond donors (Lipinski definition) is 1. The second-order valence-corrected chi connectivity index (χ2v) is 5.48. The van der Waals surface area contributed by atoms with Gasteiger partial charge in [0.1, 0.15) is 11.5 Å². The zero-order valence-electron chi connectivity index (χ0n) is 12.4. The van der Waals surface area contributed by atoms with Crippen molar-refractivity contribution in [2.75, 3.05) is 5.73 Å². The molecule has 3 heteroatoms. The second kappa shape index (κ2) is 6.09. The topological polar surface area (TPSA) is 43.3 Å². The summed E-state index contributed by atoms with van der Waals surface area (Å²) >= 11 is 0. The van der Waals surface area contributed by atoms with E-state index in [0.717, 1.165) is 29.3 Å². The van der Waals surface area contributed by atoms with Crippen molar-refractivity contribution in [1.29, 1.82) is 0 Å². The number of aromatic nitrogens is 2. The van der Waals surface area contributed by atoms with Gasteiger partial charge in [-0.15, -0.1) is 0 Å². The maximum Gasteiger partial charge on any atom is 0.139 e. The Morgan fingerprint density at radius 2 is 1.84 bits per heavy atom. The first-order chi connectivity index (χ1) is 9.13. The Hall–Kier alpha value is -1.51. The Morgan fingerprint density at radius 1 is 1.11 bits per heavy atom. The van der Waals surface area contributed by atoms with Gasteiger partial charge in [0, 0.05) is 5.69 Å². The fourth-order valence-corrected chi connectivity index (χ4v) is 2.68. The lowest BCUT2D eigenvalue weighted by Gasteiger charge is -2.04. The number of pyridine rings is 1. The first kappa shape index (κ1) is 13.9. The van der Waals surface area contributed by atoms with Gasteiger partial charge in [0.15, 0.2) is 0 Å². The van der Waals surface area contributed by atoms with E-state index in [9.17, 15) is 0 Å². The summed E-state index contributed by atoms with van der Waals surface area (Å²) < 4.78 is 2.06. The summed E-state index contributed by atoms with van der Waals surface area (Å²) in [5.41, 5.74) is 10.7. The lowest BCUT2D eigenvalue weighted by atomic mass is 10.1. The van der Waals surface area contributed by atoms with E-state index in [1.807, 2.05) is 0 Å². The average molecular weight is 259 g/mol. The van der Waals surface area contributed by atoms with Crippen LogP contribution < -0.4 is 5.73 Å². The van der Waals surface area contributed by atoms with Crippen LogP contribution >= 0.6 is 0 Å². The number of unbranched alkanes of at least 4 members (excludes halogenated alkanes) is 4. The van der Waals surface area contributed by atoms with Gasteiger partial charge in [0.2, 0.25) is 0 Å². The summed E-state index contributed by atoms with van der Waals surface area (Å²) in [6, 6.07) is 4.25. The Bertz CT molecular complexity index is 555. The highest BCUT2D eigenvalue weighted by Crippen LogP contribution is 2.20. The molecule has 0 radical (unpaired) electrons. The fourth-order valence-electron chi connectivity index (χ4n) is 2.68. The van der Waals surface area contributed by atoms with Gasteiger partial charge in [-0.05, 0) is 44.4 Å². The normalized spacial score (nSPS) is 11.3. The maximum atomic E-state index is 6.23. The SMILES string of the molecule is CCCCCCCc1nc2cc(C)cc(C)n2c1N. The minimum atomic E-state index is 0.822. The standard InChI is InChI=1S/C16H25N3/c1-4-5-6-7-8-9-14-16(17)19-13(3)10-12(2)11-15(19)18-14/h10-11H,4-9,17H2,1-3H3. The number of fused-ring (bicyclic) bond motifs is 1. The van der Waals surface area contributed by atoms with Crippen LogP contribution in [-0.2, 0) is 6.42 Å². The highest BCUT2D eigenvalue weighted by atomic mass is 15.1. The molecule has 0 spiro atoms. The zero-order valence-corrected chi connectivity index (χ0v) is 12.4. The van der Waals surface area contributed by atoms with E-state index in [0.29, 0.717) is 0 Å². The first-order valence-electron chi connectivity index (χ1n) is 7.37. The highest BCUT2D eigenvalue weighted by Gasteiger charge is 2.10. The van der Waals surface area contributed by atoms with E-state index in [2.05, 4.69) is 42.3 Å². The summed E-state index contributed by atoms with van der Waals surface area (Å²) in [5.74, 6) is 0.822. The molecule has 0 fully saturated rings. The van der Waals surface area contributed by atoms with E-state index in [-0.39, 0.29) is 0 Å². The third-order valence-corrected chi connectivity index (χ3v) is 3.68. The van der Waals surface area contributed by atoms with Crippen molar-refractivity contribution in [3.8, 4) is 0 Å². The van der Waals surface area contributed by atoms with E-state index < -0.39 is 0 Å². The number of nitrogens with zero attached hydrogens (tertiary/aromatic N) is 2. The number of nitrogen functional groups attached to an aromatic ring is 1. The Labute approximate surface area is 115 Å². The quantitative estimate of drug-likeness (QED) is 0.795. The highest BCUT2D eigenvalue weighted by molar-refractivity contribution is 5.55. The Kier molecular flexibility index (Phi) is 4.46. The van der Waals surface area contributed by atoms with Crippen molar-refractivity contribution in [3.63, 3.8) is 0 Å². The maximum absolute atomic E-state index is 6.23. The number of rotatable bonds is 6. The molecule has 3 nitrogen and oxygen atoms in total. The monoisotopic (exact) mass is 259 g/mol. The Balaban J connectivity index is 2.12. The molecule has 0 amide bonds. The summed E-state index contributed by atoms with van der Waals surface area (Å²) in [7, 11) is 0. The molecule has 0 saturated heterocycles. The molecule has 2 rings (SSSR count). The molecule has 0 saturated carbocycles. The minimum absolute atomic E-state index is 0.822. The van der Waals surface area contributed by atoms with Crippen LogP contribution in [0.5, 0.6) is 0 Å². The van der Waals surface area contributed by atoms with Crippen molar-refractivity contribution >= 4 is 11.5 Å². The molecule has 19 heavy (non-hydrogen) atoms. The number of aryl methyl sites for hydroxylation is 3. The van der Waals surface area contributed by atoms with Crippen molar-refractivity contribution in [3.05, 3.63) is 29.1 Å². The molecule has 104 valence electrons. The molecule has 0 aliphatic heterocycles. The van der Waals surface area contributed by atoms with Gasteiger partial charge < -0.3 is 5.73 Å². The van der Waals surface area contributed by atoms with Crippen LogP contribution in [0.1, 0.15) is 56.0 Å². The predicted octanol–water partition coefficient (Wildman–Crippen LogP) is 4.05. The fraction of sp³-hybridized carbons (Fsp3) is 0.562. The summed E-state index contributed by atoms with van der Waals surface area (Å²) in [5, 5.41) is 0. The molecule has 0 bridgehead atoms. The van der Waals surface area contributed by atoms with E-state index >= 15 is 0 Å². The third kappa shape index (κ3) is 3.09. The van der Waals surface area contributed by atoms with E-state index in [1.54, 1.807) is 0 Å². The van der Waals surface area contributed by atoms with Crippen molar-refractivity contribution < 1.29 is 0 Å². The first-order valence-corrected chi connectivity index (χ1v) is 7.37. The molecule has 2 N–H and O–H groups in total. The van der Waals surface area contributed by atoms with Crippen LogP contribution in [0.3, 0.4) is 0 Å². The van der Waals surface area contributed by atoms with Gasteiger partial charge in [-0.25, -0.2) is 4.98 Å². The van der Waals surface area contributed by atoms with Gasteiger partial charge in [-0.2, -0.15) is 0 Å². The lowest BCUT2D eigenvalue weighted by molar-refractivity contribution is 0.629. The van der Waals surface area contributed by atoms with Crippen LogP contribution in [-0.4, -0.2) is 9.38 Å². The van der Waals surface area contributed by atoms with Gasteiger partial charge in [0.05, 0.1) is 5.69 Å². The molecule has 0 atom stereocenters. The Morgan fingerprint density at radius 3 is 2.58 bits per heavy atom. The van der Waals surface area contributed by atoms with Crippen LogP contribution in [0, 0.1) is 13.8 Å². The molecule has 2 aromatic rings. The number of hydrogen-bond acceptors (Lipinski definition) is 2. The third-order valence-electron chi connectivity index (χ3n) is 3.68.